The number of carbonyl (C=O) groups is 4. The van der Waals surface area contributed by atoms with Crippen molar-refractivity contribution in [3.8, 4) is 57.1 Å². The number of pyridine rings is 3. The number of carbonyl (C=O) groups excluding carboxylic acids is 4. The summed E-state index contributed by atoms with van der Waals surface area (Å²) >= 11 is 0. The molecular formula is C98H97F7N12O11. The van der Waals surface area contributed by atoms with Crippen molar-refractivity contribution in [1.82, 2.24) is 57.6 Å². The van der Waals surface area contributed by atoms with Gasteiger partial charge in [-0.25, -0.2) is 4.39 Å². The fraction of sp³-hybridized carbons (Fsp3) is 0.347. The van der Waals surface area contributed by atoms with E-state index in [1.807, 2.05) is 130 Å². The highest BCUT2D eigenvalue weighted by Crippen LogP contribution is 2.54. The van der Waals surface area contributed by atoms with E-state index in [9.17, 15) is 54.7 Å². The van der Waals surface area contributed by atoms with Crippen LogP contribution in [0.15, 0.2) is 218 Å². The number of halogens is 7. The summed E-state index contributed by atoms with van der Waals surface area (Å²) < 4.78 is 141. The van der Waals surface area contributed by atoms with Crippen LogP contribution in [0.5, 0.6) is 28.7 Å². The number of aryl methyl sites for hydroxylation is 3. The number of rotatable bonds is 9. The Morgan fingerprint density at radius 3 is 1.48 bits per heavy atom. The number of methoxy groups -OCH3 is 2. The van der Waals surface area contributed by atoms with Gasteiger partial charge >= 0.3 is 12.4 Å². The fourth-order valence-electron chi connectivity index (χ4n) is 18.9. The number of fused-ring (bicyclic) bond motifs is 16. The molecule has 0 N–H and O–H groups in total. The van der Waals surface area contributed by atoms with Gasteiger partial charge in [-0.1, -0.05) is 61.5 Å². The Hall–Kier alpha value is -13.3. The second kappa shape index (κ2) is 33.8. The standard InChI is InChI=1S/C27H29FN2O4.C24H22F3N3O2.C24H26N4O3.C23H20F3N3O2/c1-26(2,33-4)20-9-7-18(16-22(20)32-3)25(31)29-14-11-27(12-15-29)24-6-5-13-30(24)21-10-8-19(28)17-23(21)34-27;1-2-16-7-8-17(28-15-16)22(31)29-13-11-23(12-14-29)20-9-10-21(24(25,26)27)30(20)18-5-3-4-6-19(18)32-23;1-16(2)28-11-8-17(14-21(28)29)23(30)27-12-9-24(10-13-27)19-15-25-26(3)22(19)18-6-4-5-7-20(18)31-24;1-15-6-7-16(27-14-15)21(30)28-12-10-22(11-13-28)19-8-9-20(23(24,25)26)29(19)17-4-2-3-5-18(17)31-22/h5-10,13,16-17H,11-12,14-15H2,1-4H3;3-10,15H,2,11-14H2,1H3;4-8,11,14-16H,9-10,12-13H2,1-3H3;2-9,14H,10-13H2,1H3. The maximum absolute atomic E-state index is 13.9. The van der Waals surface area contributed by atoms with Gasteiger partial charge in [0.15, 0.2) is 16.8 Å². The monoisotopic (exact) mass is 1750 g/mol. The summed E-state index contributed by atoms with van der Waals surface area (Å²) in [4.78, 5) is 80.0. The van der Waals surface area contributed by atoms with Crippen LogP contribution >= 0.6 is 0 Å². The zero-order chi connectivity index (χ0) is 90.2. The number of hydrogen-bond donors (Lipinski definition) is 0. The number of likely N-dealkylation sites (tertiary alicyclic amines) is 4. The van der Waals surface area contributed by atoms with Crippen LogP contribution in [0.2, 0.25) is 0 Å². The molecule has 128 heavy (non-hydrogen) atoms. The SMILES string of the molecule is CC(C)n1ccc(C(=O)N2CCC3(CC2)Oc2ccccc2-c2c3cnn2C)cc1=O.CCc1ccc(C(=O)N2CCC3(CC2)Oc2ccccc2-n2c(C(F)(F)F)ccc23)nc1.COc1cc(C(=O)N2CCC3(CC2)Oc2cc(F)ccc2-n2cccc23)ccc1C(C)(C)OC.Cc1ccc(C(=O)N2CCC3(CC2)Oc2ccccc2-n2c(C(F)(F)F)ccc23)nc1. The molecule has 12 aromatic rings. The van der Waals surface area contributed by atoms with E-state index >= 15 is 0 Å². The number of aromatic nitrogens is 8. The van der Waals surface area contributed by atoms with Crippen LogP contribution in [-0.4, -0.2) is 148 Å². The molecule has 7 aromatic heterocycles. The molecule has 30 heteroatoms. The summed E-state index contributed by atoms with van der Waals surface area (Å²) in [5, 5.41) is 4.50. The van der Waals surface area contributed by atoms with E-state index in [1.54, 1.807) is 126 Å². The first-order valence-corrected chi connectivity index (χ1v) is 42.9. The van der Waals surface area contributed by atoms with E-state index in [1.165, 1.54) is 39.5 Å². The highest BCUT2D eigenvalue weighted by atomic mass is 19.4. The minimum Gasteiger partial charge on any atom is -0.496 e. The van der Waals surface area contributed by atoms with E-state index in [0.717, 1.165) is 69.2 Å². The Morgan fingerprint density at radius 2 is 0.984 bits per heavy atom. The number of ether oxygens (including phenoxy) is 6. The molecule has 0 unspecified atom stereocenters. The Balaban J connectivity index is 0.000000120. The van der Waals surface area contributed by atoms with Crippen LogP contribution < -0.4 is 29.2 Å². The molecule has 0 radical (unpaired) electrons. The summed E-state index contributed by atoms with van der Waals surface area (Å²) in [6.45, 7) is 15.4. The van der Waals surface area contributed by atoms with Crippen molar-refractivity contribution >= 4 is 23.6 Å². The normalized spacial score (nSPS) is 16.8. The molecule has 8 aliphatic heterocycles. The van der Waals surface area contributed by atoms with Crippen molar-refractivity contribution in [2.75, 3.05) is 66.6 Å². The topological polar surface area (TPSA) is 217 Å². The van der Waals surface area contributed by atoms with Crippen LogP contribution in [0.3, 0.4) is 0 Å². The number of nitrogens with zero attached hydrogens (tertiary/aromatic N) is 12. The maximum Gasteiger partial charge on any atom is 0.431 e. The van der Waals surface area contributed by atoms with Crippen molar-refractivity contribution in [3.05, 3.63) is 302 Å². The third-order valence-corrected chi connectivity index (χ3v) is 26.1. The van der Waals surface area contributed by atoms with Crippen molar-refractivity contribution < 1.29 is 78.3 Å². The molecular weight excluding hydrogens is 1650 g/mol. The molecule has 4 spiro atoms. The second-order valence-electron chi connectivity index (χ2n) is 34.3. The second-order valence-corrected chi connectivity index (χ2v) is 34.3. The van der Waals surface area contributed by atoms with Gasteiger partial charge in [-0.05, 0) is 167 Å². The molecule has 4 amide bonds. The van der Waals surface area contributed by atoms with Gasteiger partial charge in [0.1, 0.15) is 62.9 Å². The molecule has 0 saturated carbocycles. The Kier molecular flexibility index (Phi) is 23.0. The van der Waals surface area contributed by atoms with Gasteiger partial charge < -0.3 is 66.3 Å². The van der Waals surface area contributed by atoms with Crippen LogP contribution in [0.4, 0.5) is 30.7 Å². The number of hydrogen-bond acceptors (Lipinski definition) is 14. The first-order valence-electron chi connectivity index (χ1n) is 42.9. The van der Waals surface area contributed by atoms with E-state index in [2.05, 4.69) is 25.7 Å². The number of amides is 4. The van der Waals surface area contributed by atoms with Crippen molar-refractivity contribution in [1.29, 1.82) is 0 Å². The van der Waals surface area contributed by atoms with E-state index < -0.39 is 51.7 Å². The molecule has 8 aliphatic rings. The van der Waals surface area contributed by atoms with Gasteiger partial charge in [-0.3, -0.25) is 38.6 Å². The predicted molar refractivity (Wildman–Crippen MR) is 462 cm³/mol. The van der Waals surface area contributed by atoms with Gasteiger partial charge in [-0.15, -0.1) is 0 Å². The van der Waals surface area contributed by atoms with Crippen LogP contribution in [0.25, 0.3) is 28.3 Å². The first kappa shape index (κ1) is 86.9. The third-order valence-electron chi connectivity index (χ3n) is 26.1. The van der Waals surface area contributed by atoms with Gasteiger partial charge in [0, 0.05) is 189 Å². The lowest BCUT2D eigenvalue weighted by Crippen LogP contribution is -2.50. The molecule has 5 aromatic carbocycles. The molecule has 0 atom stereocenters. The van der Waals surface area contributed by atoms with Gasteiger partial charge in [0.25, 0.3) is 29.2 Å². The number of para-hydroxylation sites is 5. The molecule has 23 nitrogen and oxygen atoms in total. The summed E-state index contributed by atoms with van der Waals surface area (Å²) in [5.74, 6) is 2.00. The summed E-state index contributed by atoms with van der Waals surface area (Å²) in [5.41, 5.74) is 6.37. The molecule has 664 valence electrons. The zero-order valence-corrected chi connectivity index (χ0v) is 72.3. The predicted octanol–water partition coefficient (Wildman–Crippen LogP) is 18.1. The average molecular weight is 1750 g/mol. The molecule has 4 fully saturated rings. The number of piperidine rings is 4. The molecule has 0 aliphatic carbocycles. The van der Waals surface area contributed by atoms with Crippen LogP contribution in [0, 0.1) is 12.7 Å². The Bertz CT molecular complexity index is 6270. The molecule has 15 heterocycles. The highest BCUT2D eigenvalue weighted by molar-refractivity contribution is 5.96. The molecule has 20 rings (SSSR count). The van der Waals surface area contributed by atoms with Crippen LogP contribution in [-0.2, 0) is 58.6 Å². The number of alkyl halides is 6. The maximum atomic E-state index is 13.9. The highest BCUT2D eigenvalue weighted by Gasteiger charge is 2.53. The Labute approximate surface area is 734 Å². The lowest BCUT2D eigenvalue weighted by molar-refractivity contribution is -0.143. The van der Waals surface area contributed by atoms with Crippen molar-refractivity contribution in [2.45, 2.75) is 146 Å². The van der Waals surface area contributed by atoms with Crippen molar-refractivity contribution in [2.24, 2.45) is 7.05 Å². The smallest absolute Gasteiger partial charge is 0.431 e. The summed E-state index contributed by atoms with van der Waals surface area (Å²) in [6.07, 6.45) is 4.92. The van der Waals surface area contributed by atoms with Crippen molar-refractivity contribution in [3.63, 3.8) is 0 Å². The van der Waals surface area contributed by atoms with Crippen LogP contribution in [0.1, 0.15) is 184 Å². The lowest BCUT2D eigenvalue weighted by atomic mass is 9.81. The third kappa shape index (κ3) is 16.0. The van der Waals surface area contributed by atoms with Gasteiger partial charge in [0.05, 0.1) is 58.7 Å². The largest absolute Gasteiger partial charge is 0.496 e. The van der Waals surface area contributed by atoms with E-state index in [0.29, 0.717) is 172 Å². The minimum atomic E-state index is -4.49. The Morgan fingerprint density at radius 1 is 0.492 bits per heavy atom. The number of benzene rings is 5. The summed E-state index contributed by atoms with van der Waals surface area (Å²) in [6, 6.07) is 51.3. The molecule has 0 bridgehead atoms. The van der Waals surface area contributed by atoms with E-state index in [-0.39, 0.29) is 41.0 Å². The minimum absolute atomic E-state index is 0.0486. The average Bonchev–Trinajstić information content (AvgIpc) is 1.57. The quantitative estimate of drug-likeness (QED) is 0.123. The van der Waals surface area contributed by atoms with Gasteiger partial charge in [0.2, 0.25) is 0 Å². The van der Waals surface area contributed by atoms with Gasteiger partial charge in [-0.2, -0.15) is 31.4 Å². The summed E-state index contributed by atoms with van der Waals surface area (Å²) in [7, 11) is 5.20. The first-order chi connectivity index (χ1) is 61.3. The lowest BCUT2D eigenvalue weighted by Gasteiger charge is -2.45. The van der Waals surface area contributed by atoms with E-state index in [4.69, 9.17) is 28.4 Å². The fourth-order valence-corrected chi connectivity index (χ4v) is 18.9. The zero-order valence-electron chi connectivity index (χ0n) is 72.3. The molecule has 4 saturated heterocycles.